The molecule has 122 valence electrons. The van der Waals surface area contributed by atoms with Gasteiger partial charge < -0.3 is 10.1 Å². The standard InChI is InChI=1S/C20H17BrClNO/c21-17-9-6-15(7-10-17)14-24-20-11-8-16(12-19(20)22)13-23-18-4-2-1-3-5-18/h1-12,23H,13-14H2. The number of benzene rings is 3. The second-order valence-corrected chi connectivity index (χ2v) is 6.72. The fourth-order valence-corrected chi connectivity index (χ4v) is 2.80. The molecule has 0 radical (unpaired) electrons. The van der Waals surface area contributed by atoms with Crippen molar-refractivity contribution in [1.29, 1.82) is 0 Å². The Morgan fingerprint density at radius 2 is 1.58 bits per heavy atom. The van der Waals surface area contributed by atoms with Crippen LogP contribution in [0.25, 0.3) is 0 Å². The van der Waals surface area contributed by atoms with Crippen molar-refractivity contribution in [2.75, 3.05) is 5.32 Å². The molecule has 4 heteroatoms. The summed E-state index contributed by atoms with van der Waals surface area (Å²) in [5, 5.41) is 3.99. The number of rotatable bonds is 6. The molecule has 0 fully saturated rings. The first-order valence-corrected chi connectivity index (χ1v) is 8.82. The molecule has 0 saturated carbocycles. The SMILES string of the molecule is Clc1cc(CNc2ccccc2)ccc1OCc1ccc(Br)cc1. The van der Waals surface area contributed by atoms with E-state index in [0.29, 0.717) is 17.4 Å². The molecule has 0 spiro atoms. The van der Waals surface area contributed by atoms with Crippen LogP contribution in [-0.4, -0.2) is 0 Å². The lowest BCUT2D eigenvalue weighted by Crippen LogP contribution is -2.00. The van der Waals surface area contributed by atoms with Gasteiger partial charge in [0.05, 0.1) is 5.02 Å². The minimum absolute atomic E-state index is 0.495. The summed E-state index contributed by atoms with van der Waals surface area (Å²) >= 11 is 9.77. The predicted molar refractivity (Wildman–Crippen MR) is 104 cm³/mol. The molecular weight excluding hydrogens is 386 g/mol. The molecule has 0 saturated heterocycles. The molecule has 2 nitrogen and oxygen atoms in total. The van der Waals surface area contributed by atoms with Crippen LogP contribution in [0.3, 0.4) is 0 Å². The van der Waals surface area contributed by atoms with Gasteiger partial charge in [0.25, 0.3) is 0 Å². The van der Waals surface area contributed by atoms with Crippen molar-refractivity contribution < 1.29 is 4.74 Å². The van der Waals surface area contributed by atoms with E-state index in [2.05, 4.69) is 21.2 Å². The monoisotopic (exact) mass is 401 g/mol. The quantitative estimate of drug-likeness (QED) is 0.523. The average molecular weight is 403 g/mol. The Kier molecular flexibility index (Phi) is 5.78. The lowest BCUT2D eigenvalue weighted by Gasteiger charge is -2.11. The molecule has 3 aromatic rings. The maximum atomic E-state index is 6.34. The van der Waals surface area contributed by atoms with Crippen LogP contribution < -0.4 is 10.1 Å². The van der Waals surface area contributed by atoms with Gasteiger partial charge in [-0.3, -0.25) is 0 Å². The van der Waals surface area contributed by atoms with Crippen molar-refractivity contribution >= 4 is 33.2 Å². The van der Waals surface area contributed by atoms with Gasteiger partial charge in [-0.25, -0.2) is 0 Å². The van der Waals surface area contributed by atoms with Gasteiger partial charge in [-0.2, -0.15) is 0 Å². The maximum absolute atomic E-state index is 6.34. The summed E-state index contributed by atoms with van der Waals surface area (Å²) in [6, 6.07) is 24.0. The minimum atomic E-state index is 0.495. The van der Waals surface area contributed by atoms with Crippen LogP contribution in [0.2, 0.25) is 5.02 Å². The fourth-order valence-electron chi connectivity index (χ4n) is 2.27. The molecule has 3 rings (SSSR count). The van der Waals surface area contributed by atoms with Crippen LogP contribution >= 0.6 is 27.5 Å². The highest BCUT2D eigenvalue weighted by Gasteiger charge is 2.04. The number of anilines is 1. The van der Waals surface area contributed by atoms with E-state index in [0.717, 1.165) is 27.8 Å². The highest BCUT2D eigenvalue weighted by atomic mass is 79.9. The van der Waals surface area contributed by atoms with Crippen molar-refractivity contribution in [2.45, 2.75) is 13.2 Å². The summed E-state index contributed by atoms with van der Waals surface area (Å²) in [7, 11) is 0. The summed E-state index contributed by atoms with van der Waals surface area (Å²) in [4.78, 5) is 0. The zero-order valence-electron chi connectivity index (χ0n) is 13.0. The maximum Gasteiger partial charge on any atom is 0.138 e. The van der Waals surface area contributed by atoms with Crippen LogP contribution in [0.4, 0.5) is 5.69 Å². The lowest BCUT2D eigenvalue weighted by molar-refractivity contribution is 0.306. The smallest absolute Gasteiger partial charge is 0.138 e. The highest BCUT2D eigenvalue weighted by Crippen LogP contribution is 2.27. The van der Waals surface area contributed by atoms with E-state index in [9.17, 15) is 0 Å². The Morgan fingerprint density at radius 1 is 0.875 bits per heavy atom. The van der Waals surface area contributed by atoms with Gasteiger partial charge in [-0.1, -0.05) is 63.9 Å². The van der Waals surface area contributed by atoms with Crippen molar-refractivity contribution in [2.24, 2.45) is 0 Å². The summed E-state index contributed by atoms with van der Waals surface area (Å²) in [5.74, 6) is 0.697. The van der Waals surface area contributed by atoms with Gasteiger partial charge in [0.15, 0.2) is 0 Å². The fraction of sp³-hybridized carbons (Fsp3) is 0.100. The summed E-state index contributed by atoms with van der Waals surface area (Å²) in [5.41, 5.74) is 3.30. The van der Waals surface area contributed by atoms with Gasteiger partial charge in [0, 0.05) is 16.7 Å². The summed E-state index contributed by atoms with van der Waals surface area (Å²) in [6.07, 6.45) is 0. The molecule has 0 amide bonds. The van der Waals surface area contributed by atoms with Crippen molar-refractivity contribution in [3.63, 3.8) is 0 Å². The van der Waals surface area contributed by atoms with Crippen LogP contribution in [-0.2, 0) is 13.2 Å². The van der Waals surface area contributed by atoms with E-state index in [4.69, 9.17) is 16.3 Å². The number of halogens is 2. The molecular formula is C20H17BrClNO. The molecule has 1 N–H and O–H groups in total. The number of hydrogen-bond donors (Lipinski definition) is 1. The molecule has 0 atom stereocenters. The van der Waals surface area contributed by atoms with Crippen molar-refractivity contribution in [3.8, 4) is 5.75 Å². The van der Waals surface area contributed by atoms with Crippen molar-refractivity contribution in [1.82, 2.24) is 0 Å². The van der Waals surface area contributed by atoms with Gasteiger partial charge in [0.1, 0.15) is 12.4 Å². The number of ether oxygens (including phenoxy) is 1. The van der Waals surface area contributed by atoms with Crippen LogP contribution in [0, 0.1) is 0 Å². The molecule has 3 aromatic carbocycles. The molecule has 0 aromatic heterocycles. The van der Waals surface area contributed by atoms with Gasteiger partial charge >= 0.3 is 0 Å². The van der Waals surface area contributed by atoms with Crippen LogP contribution in [0.15, 0.2) is 77.3 Å². The third-order valence-corrected chi connectivity index (χ3v) is 4.40. The first-order chi connectivity index (χ1) is 11.7. The second-order valence-electron chi connectivity index (χ2n) is 5.40. The zero-order chi connectivity index (χ0) is 16.8. The number of hydrogen-bond acceptors (Lipinski definition) is 2. The van der Waals surface area contributed by atoms with Gasteiger partial charge in [-0.05, 0) is 47.5 Å². The molecule has 0 aliphatic carbocycles. The van der Waals surface area contributed by atoms with E-state index in [1.807, 2.05) is 72.8 Å². The lowest BCUT2D eigenvalue weighted by atomic mass is 10.2. The first kappa shape index (κ1) is 16.9. The molecule has 0 bridgehead atoms. The number of nitrogens with one attached hydrogen (secondary N) is 1. The van der Waals surface area contributed by atoms with E-state index in [-0.39, 0.29) is 0 Å². The Balaban J connectivity index is 1.59. The predicted octanol–water partition coefficient (Wildman–Crippen LogP) is 6.29. The zero-order valence-corrected chi connectivity index (χ0v) is 15.3. The molecule has 0 aliphatic rings. The summed E-state index contributed by atoms with van der Waals surface area (Å²) < 4.78 is 6.87. The highest BCUT2D eigenvalue weighted by molar-refractivity contribution is 9.10. The normalized spacial score (nSPS) is 10.4. The van der Waals surface area contributed by atoms with Crippen LogP contribution in [0.5, 0.6) is 5.75 Å². The van der Waals surface area contributed by atoms with Crippen molar-refractivity contribution in [3.05, 3.63) is 93.4 Å². The minimum Gasteiger partial charge on any atom is -0.487 e. The average Bonchev–Trinajstić information content (AvgIpc) is 2.61. The summed E-state index contributed by atoms with van der Waals surface area (Å²) in [6.45, 7) is 1.21. The molecule has 0 aliphatic heterocycles. The second kappa shape index (κ2) is 8.22. The number of para-hydroxylation sites is 1. The Labute approximate surface area is 155 Å². The van der Waals surface area contributed by atoms with E-state index >= 15 is 0 Å². The van der Waals surface area contributed by atoms with Crippen LogP contribution in [0.1, 0.15) is 11.1 Å². The third-order valence-electron chi connectivity index (χ3n) is 3.57. The Morgan fingerprint density at radius 3 is 2.29 bits per heavy atom. The largest absolute Gasteiger partial charge is 0.487 e. The molecule has 0 heterocycles. The Bertz CT molecular complexity index is 790. The molecule has 0 unspecified atom stereocenters. The molecule has 24 heavy (non-hydrogen) atoms. The van der Waals surface area contributed by atoms with E-state index < -0.39 is 0 Å². The first-order valence-electron chi connectivity index (χ1n) is 7.65. The Hall–Kier alpha value is -1.97. The topological polar surface area (TPSA) is 21.3 Å². The van der Waals surface area contributed by atoms with E-state index in [1.54, 1.807) is 0 Å². The van der Waals surface area contributed by atoms with Gasteiger partial charge in [-0.15, -0.1) is 0 Å². The van der Waals surface area contributed by atoms with E-state index in [1.165, 1.54) is 0 Å². The van der Waals surface area contributed by atoms with Gasteiger partial charge in [0.2, 0.25) is 0 Å². The third kappa shape index (κ3) is 4.76.